The molecule has 0 saturated carbocycles. The summed E-state index contributed by atoms with van der Waals surface area (Å²) in [6.07, 6.45) is 0. The number of rotatable bonds is 3. The Morgan fingerprint density at radius 2 is 2.00 bits per heavy atom. The summed E-state index contributed by atoms with van der Waals surface area (Å²) in [5.74, 6) is -0.921. The number of fused-ring (bicyclic) bond motifs is 1. The van der Waals surface area contributed by atoms with Crippen LogP contribution in [-0.2, 0) is 9.53 Å². The maximum Gasteiger partial charge on any atom is 0.427 e. The lowest BCUT2D eigenvalue weighted by Gasteiger charge is -2.22. The summed E-state index contributed by atoms with van der Waals surface area (Å²) in [5.41, 5.74) is 0.899. The fraction of sp³-hybridized carbons (Fsp3) is 0.250. The van der Waals surface area contributed by atoms with Gasteiger partial charge in [-0.3, -0.25) is 4.79 Å². The monoisotopic (exact) mass is 284 g/mol. The van der Waals surface area contributed by atoms with E-state index in [9.17, 15) is 14.4 Å². The van der Waals surface area contributed by atoms with Gasteiger partial charge in [-0.25, -0.2) is 19.8 Å². The number of imide groups is 1. The van der Waals surface area contributed by atoms with Crippen molar-refractivity contribution in [2.75, 3.05) is 13.2 Å². The molecule has 0 aromatic heterocycles. The number of nitrogens with one attached hydrogen (secondary N) is 2. The maximum atomic E-state index is 11.7. The zero-order valence-corrected chi connectivity index (χ0v) is 11.0. The zero-order chi connectivity index (χ0) is 13.1. The first-order valence-electron chi connectivity index (χ1n) is 5.60. The Morgan fingerprint density at radius 3 is 2.68 bits per heavy atom. The number of para-hydroxylation sites is 1. The van der Waals surface area contributed by atoms with Crippen LogP contribution in [0, 0.1) is 0 Å². The SMILES string of the molecule is CCOC(=O)C[NH+]1C(=O)NC(=O)c2ccccc21.[Cl-]. The molecule has 1 heterocycles. The molecule has 1 aromatic rings. The van der Waals surface area contributed by atoms with Gasteiger partial charge in [0.15, 0.2) is 12.2 Å². The summed E-state index contributed by atoms with van der Waals surface area (Å²) in [7, 11) is 0. The fourth-order valence-electron chi connectivity index (χ4n) is 1.84. The first kappa shape index (κ1) is 15.1. The smallest absolute Gasteiger partial charge is 0.427 e. The molecule has 1 aromatic carbocycles. The Kier molecular flexibility index (Phi) is 5.02. The number of halogens is 1. The van der Waals surface area contributed by atoms with Crippen LogP contribution in [0.5, 0.6) is 0 Å². The molecule has 1 aliphatic rings. The number of ether oxygens (including phenoxy) is 1. The van der Waals surface area contributed by atoms with Crippen molar-refractivity contribution in [3.8, 4) is 0 Å². The van der Waals surface area contributed by atoms with Crippen LogP contribution in [-0.4, -0.2) is 31.1 Å². The van der Waals surface area contributed by atoms with E-state index in [1.54, 1.807) is 31.2 Å². The van der Waals surface area contributed by atoms with E-state index in [1.807, 2.05) is 0 Å². The van der Waals surface area contributed by atoms with E-state index in [-0.39, 0.29) is 30.5 Å². The van der Waals surface area contributed by atoms with Gasteiger partial charge in [-0.2, -0.15) is 0 Å². The Hall–Kier alpha value is -1.92. The molecule has 19 heavy (non-hydrogen) atoms. The van der Waals surface area contributed by atoms with Gasteiger partial charge in [-0.1, -0.05) is 12.1 Å². The molecule has 3 amide bonds. The van der Waals surface area contributed by atoms with Gasteiger partial charge in [0.05, 0.1) is 6.61 Å². The number of urea groups is 1. The van der Waals surface area contributed by atoms with E-state index < -0.39 is 17.9 Å². The number of carbonyl (C=O) groups excluding carboxylic acids is 3. The van der Waals surface area contributed by atoms with Crippen molar-refractivity contribution in [1.29, 1.82) is 0 Å². The van der Waals surface area contributed by atoms with Crippen molar-refractivity contribution >= 4 is 23.6 Å². The molecule has 0 radical (unpaired) electrons. The second kappa shape index (κ2) is 6.31. The molecule has 6 nitrogen and oxygen atoms in total. The molecule has 1 aliphatic heterocycles. The molecule has 1 atom stereocenters. The van der Waals surface area contributed by atoms with Crippen LogP contribution in [0.2, 0.25) is 0 Å². The number of carbonyl (C=O) groups is 3. The lowest BCUT2D eigenvalue weighted by Crippen LogP contribution is -3.14. The van der Waals surface area contributed by atoms with Crippen molar-refractivity contribution < 1.29 is 36.4 Å². The first-order chi connectivity index (χ1) is 8.63. The van der Waals surface area contributed by atoms with E-state index in [2.05, 4.69) is 5.32 Å². The van der Waals surface area contributed by atoms with Gasteiger partial charge < -0.3 is 17.1 Å². The topological polar surface area (TPSA) is 76.9 Å². The largest absolute Gasteiger partial charge is 1.00 e. The lowest BCUT2D eigenvalue weighted by atomic mass is 10.1. The predicted octanol–water partition coefficient (Wildman–Crippen LogP) is -3.37. The number of benzene rings is 1. The fourth-order valence-corrected chi connectivity index (χ4v) is 1.84. The van der Waals surface area contributed by atoms with E-state index >= 15 is 0 Å². The lowest BCUT2D eigenvalue weighted by molar-refractivity contribution is -0.735. The van der Waals surface area contributed by atoms with Crippen LogP contribution in [0.1, 0.15) is 17.3 Å². The molecule has 1 unspecified atom stereocenters. The van der Waals surface area contributed by atoms with Gasteiger partial charge in [0.25, 0.3) is 5.91 Å². The highest BCUT2D eigenvalue weighted by Gasteiger charge is 2.36. The highest BCUT2D eigenvalue weighted by Crippen LogP contribution is 2.12. The molecule has 2 N–H and O–H groups in total. The van der Waals surface area contributed by atoms with Gasteiger partial charge in [0.2, 0.25) is 0 Å². The van der Waals surface area contributed by atoms with Gasteiger partial charge in [0, 0.05) is 6.07 Å². The van der Waals surface area contributed by atoms with Crippen LogP contribution in [0.4, 0.5) is 10.5 Å². The van der Waals surface area contributed by atoms with Gasteiger partial charge in [-0.15, -0.1) is 0 Å². The van der Waals surface area contributed by atoms with Crippen molar-refractivity contribution in [2.45, 2.75) is 6.92 Å². The van der Waals surface area contributed by atoms with Crippen LogP contribution in [0.25, 0.3) is 0 Å². The minimum Gasteiger partial charge on any atom is -1.00 e. The number of hydrogen-bond acceptors (Lipinski definition) is 4. The highest BCUT2D eigenvalue weighted by molar-refractivity contribution is 6.08. The minimum atomic E-state index is -0.535. The average Bonchev–Trinajstić information content (AvgIpc) is 2.35. The Labute approximate surface area is 116 Å². The summed E-state index contributed by atoms with van der Waals surface area (Å²) in [6.45, 7) is 1.82. The third kappa shape index (κ3) is 3.10. The van der Waals surface area contributed by atoms with E-state index in [0.717, 1.165) is 0 Å². The van der Waals surface area contributed by atoms with Gasteiger partial charge in [-0.05, 0) is 13.0 Å². The second-order valence-electron chi connectivity index (χ2n) is 3.79. The highest BCUT2D eigenvalue weighted by atomic mass is 35.5. The standard InChI is InChI=1S/C12H12N2O4.ClH/c1-2-18-10(15)7-14-9-6-4-3-5-8(9)11(16)13-12(14)17;/h3-6H,2,7H2,1H3,(H,13,16,17);1H. The molecule has 0 aliphatic carbocycles. The molecule has 0 bridgehead atoms. The summed E-state index contributed by atoms with van der Waals surface area (Å²) in [6, 6.07) is 6.15. The van der Waals surface area contributed by atoms with Crippen LogP contribution in [0.15, 0.2) is 24.3 Å². The number of esters is 1. The normalized spacial score (nSPS) is 17.0. The molecule has 0 spiro atoms. The molecular formula is C12H13ClN2O4. The minimum absolute atomic E-state index is 0. The second-order valence-corrected chi connectivity index (χ2v) is 3.79. The third-order valence-electron chi connectivity index (χ3n) is 2.62. The van der Waals surface area contributed by atoms with Crippen molar-refractivity contribution in [2.24, 2.45) is 0 Å². The average molecular weight is 285 g/mol. The molecule has 2 rings (SSSR count). The summed E-state index contributed by atoms with van der Waals surface area (Å²) in [5, 5.41) is 2.21. The summed E-state index contributed by atoms with van der Waals surface area (Å²) < 4.78 is 4.81. The van der Waals surface area contributed by atoms with E-state index in [0.29, 0.717) is 11.3 Å². The van der Waals surface area contributed by atoms with Gasteiger partial charge in [0.1, 0.15) is 5.56 Å². The summed E-state index contributed by atoms with van der Waals surface area (Å²) in [4.78, 5) is 35.0. The number of quaternary nitrogens is 1. The summed E-state index contributed by atoms with van der Waals surface area (Å²) >= 11 is 0. The van der Waals surface area contributed by atoms with Crippen molar-refractivity contribution in [3.05, 3.63) is 29.8 Å². The van der Waals surface area contributed by atoms with Crippen molar-refractivity contribution in [1.82, 2.24) is 5.32 Å². The Balaban J connectivity index is 0.00000180. The Morgan fingerprint density at radius 1 is 1.32 bits per heavy atom. The van der Waals surface area contributed by atoms with E-state index in [1.165, 1.54) is 0 Å². The van der Waals surface area contributed by atoms with Crippen LogP contribution < -0.4 is 22.6 Å². The Bertz CT molecular complexity index is 518. The molecule has 7 heteroatoms. The predicted molar refractivity (Wildman–Crippen MR) is 61.4 cm³/mol. The molecule has 102 valence electrons. The molecule has 0 saturated heterocycles. The van der Waals surface area contributed by atoms with Crippen LogP contribution >= 0.6 is 0 Å². The van der Waals surface area contributed by atoms with E-state index in [4.69, 9.17) is 4.74 Å². The molecular weight excluding hydrogens is 272 g/mol. The third-order valence-corrected chi connectivity index (χ3v) is 2.62. The molecule has 0 fully saturated rings. The quantitative estimate of drug-likeness (QED) is 0.568. The van der Waals surface area contributed by atoms with Crippen LogP contribution in [0.3, 0.4) is 0 Å². The van der Waals surface area contributed by atoms with Crippen molar-refractivity contribution in [3.63, 3.8) is 0 Å². The number of amides is 3. The zero-order valence-electron chi connectivity index (χ0n) is 10.2. The first-order valence-corrected chi connectivity index (χ1v) is 5.60. The maximum absolute atomic E-state index is 11.7. The number of hydrogen-bond donors (Lipinski definition) is 2. The van der Waals surface area contributed by atoms with Gasteiger partial charge >= 0.3 is 12.0 Å².